The van der Waals surface area contributed by atoms with Gasteiger partial charge in [-0.2, -0.15) is 25.8 Å². The first-order chi connectivity index (χ1) is 11.8. The number of hydrogen-bond donors (Lipinski definition) is 3. The minimum atomic E-state index is -4.77. The third-order valence-electron chi connectivity index (χ3n) is 3.47. The zero-order chi connectivity index (χ0) is 18.6. The molecule has 2 N–H and O–H groups in total. The summed E-state index contributed by atoms with van der Waals surface area (Å²) in [7, 11) is 0. The van der Waals surface area contributed by atoms with Crippen LogP contribution in [0.25, 0.3) is 11.1 Å². The summed E-state index contributed by atoms with van der Waals surface area (Å²) in [6.07, 6.45) is -4.77. The quantitative estimate of drug-likeness (QED) is 0.707. The number of rotatable bonds is 5. The molecule has 0 saturated carbocycles. The second-order valence-electron chi connectivity index (χ2n) is 5.14. The van der Waals surface area contributed by atoms with Crippen molar-refractivity contribution in [3.8, 4) is 11.1 Å². The zero-order valence-corrected chi connectivity index (χ0v) is 13.6. The standard InChI is InChI=1S/C17H14F3NO3S/c18-17(19,20)12-8-4-7-11(10-5-2-1-3-6-10)14(12)15(22)21-13(9-25)16(23)24/h1-8,13,25H,9H2,(H,21,22)(H,23,24)/t13-/m0/s1. The average Bonchev–Trinajstić information content (AvgIpc) is 2.58. The molecule has 2 aromatic rings. The maximum absolute atomic E-state index is 13.4. The van der Waals surface area contributed by atoms with Gasteiger partial charge in [0.15, 0.2) is 0 Å². The minimum absolute atomic E-state index is 0.0660. The van der Waals surface area contributed by atoms with Gasteiger partial charge in [-0.25, -0.2) is 4.79 Å². The Morgan fingerprint density at radius 3 is 2.24 bits per heavy atom. The minimum Gasteiger partial charge on any atom is -0.480 e. The molecule has 1 atom stereocenters. The smallest absolute Gasteiger partial charge is 0.417 e. The lowest BCUT2D eigenvalue weighted by atomic mass is 9.94. The molecule has 0 saturated heterocycles. The van der Waals surface area contributed by atoms with Gasteiger partial charge in [0.1, 0.15) is 6.04 Å². The van der Waals surface area contributed by atoms with E-state index in [-0.39, 0.29) is 11.3 Å². The fourth-order valence-corrected chi connectivity index (χ4v) is 2.55. The molecule has 2 aromatic carbocycles. The van der Waals surface area contributed by atoms with E-state index in [0.717, 1.165) is 6.07 Å². The van der Waals surface area contributed by atoms with Crippen LogP contribution >= 0.6 is 12.6 Å². The third kappa shape index (κ3) is 4.33. The maximum atomic E-state index is 13.4. The van der Waals surface area contributed by atoms with Crippen LogP contribution in [-0.2, 0) is 11.0 Å². The number of hydrogen-bond acceptors (Lipinski definition) is 3. The predicted molar refractivity (Wildman–Crippen MR) is 89.6 cm³/mol. The number of carbonyl (C=O) groups excluding carboxylic acids is 1. The van der Waals surface area contributed by atoms with E-state index in [1.807, 2.05) is 0 Å². The highest BCUT2D eigenvalue weighted by Crippen LogP contribution is 2.36. The largest absolute Gasteiger partial charge is 0.480 e. The predicted octanol–water partition coefficient (Wildman–Crippen LogP) is 3.49. The first-order valence-electron chi connectivity index (χ1n) is 7.16. The van der Waals surface area contributed by atoms with E-state index in [1.54, 1.807) is 30.3 Å². The Morgan fingerprint density at radius 2 is 1.72 bits per heavy atom. The number of carboxylic acids is 1. The topological polar surface area (TPSA) is 66.4 Å². The second-order valence-corrected chi connectivity index (χ2v) is 5.50. The van der Waals surface area contributed by atoms with E-state index < -0.39 is 35.2 Å². The molecule has 0 unspecified atom stereocenters. The molecular weight excluding hydrogens is 355 g/mol. The first-order valence-corrected chi connectivity index (χ1v) is 7.79. The van der Waals surface area contributed by atoms with Crippen LogP contribution in [0.2, 0.25) is 0 Å². The Bertz CT molecular complexity index is 778. The summed E-state index contributed by atoms with van der Waals surface area (Å²) in [4.78, 5) is 23.5. The number of amides is 1. The van der Waals surface area contributed by atoms with Gasteiger partial charge in [-0.1, -0.05) is 42.5 Å². The van der Waals surface area contributed by atoms with Crippen LogP contribution in [-0.4, -0.2) is 28.8 Å². The number of carbonyl (C=O) groups is 2. The first kappa shape index (κ1) is 18.9. The summed E-state index contributed by atoms with van der Waals surface area (Å²) in [6.45, 7) is 0. The van der Waals surface area contributed by atoms with Gasteiger partial charge in [0.05, 0.1) is 11.1 Å². The zero-order valence-electron chi connectivity index (χ0n) is 12.7. The van der Waals surface area contributed by atoms with Gasteiger partial charge in [-0.05, 0) is 17.2 Å². The summed E-state index contributed by atoms with van der Waals surface area (Å²) in [6, 6.07) is 10.1. The number of nitrogens with one attached hydrogen (secondary N) is 1. The fourth-order valence-electron chi connectivity index (χ4n) is 2.31. The molecule has 0 aliphatic rings. The van der Waals surface area contributed by atoms with Crippen molar-refractivity contribution in [1.82, 2.24) is 5.32 Å². The maximum Gasteiger partial charge on any atom is 0.417 e. The molecule has 132 valence electrons. The van der Waals surface area contributed by atoms with Gasteiger partial charge in [0.25, 0.3) is 5.91 Å². The molecular formula is C17H14F3NO3S. The molecule has 8 heteroatoms. The lowest BCUT2D eigenvalue weighted by molar-refractivity contribution is -0.138. The van der Waals surface area contributed by atoms with Gasteiger partial charge in [0.2, 0.25) is 0 Å². The van der Waals surface area contributed by atoms with Gasteiger partial charge in [-0.3, -0.25) is 4.79 Å². The Balaban J connectivity index is 2.60. The number of halogens is 3. The molecule has 0 bridgehead atoms. The molecule has 2 rings (SSSR count). The number of alkyl halides is 3. The van der Waals surface area contributed by atoms with Gasteiger partial charge in [0, 0.05) is 5.75 Å². The van der Waals surface area contributed by atoms with Crippen molar-refractivity contribution in [2.45, 2.75) is 12.2 Å². The van der Waals surface area contributed by atoms with Crippen molar-refractivity contribution in [2.24, 2.45) is 0 Å². The van der Waals surface area contributed by atoms with Crippen molar-refractivity contribution in [3.63, 3.8) is 0 Å². The van der Waals surface area contributed by atoms with E-state index in [1.165, 1.54) is 12.1 Å². The SMILES string of the molecule is O=C(N[C@@H](CS)C(=O)O)c1c(-c2ccccc2)cccc1C(F)(F)F. The summed E-state index contributed by atoms with van der Waals surface area (Å²) in [5.74, 6) is -2.75. The molecule has 0 fully saturated rings. The Morgan fingerprint density at radius 1 is 1.08 bits per heavy atom. The van der Waals surface area contributed by atoms with Crippen LogP contribution in [0, 0.1) is 0 Å². The van der Waals surface area contributed by atoms with Crippen molar-refractivity contribution < 1.29 is 27.9 Å². The molecule has 4 nitrogen and oxygen atoms in total. The molecule has 0 aromatic heterocycles. The number of carboxylic acid groups (broad SMARTS) is 1. The van der Waals surface area contributed by atoms with Crippen molar-refractivity contribution in [1.29, 1.82) is 0 Å². The monoisotopic (exact) mass is 369 g/mol. The number of aliphatic carboxylic acids is 1. The second kappa shape index (κ2) is 7.60. The average molecular weight is 369 g/mol. The van der Waals surface area contributed by atoms with Crippen LogP contribution in [0.5, 0.6) is 0 Å². The summed E-state index contributed by atoms with van der Waals surface area (Å²) in [5.41, 5.74) is -1.27. The highest BCUT2D eigenvalue weighted by molar-refractivity contribution is 7.80. The molecule has 0 heterocycles. The summed E-state index contributed by atoms with van der Waals surface area (Å²) >= 11 is 3.80. The van der Waals surface area contributed by atoms with E-state index in [0.29, 0.717) is 5.56 Å². The van der Waals surface area contributed by atoms with Crippen LogP contribution in [0.3, 0.4) is 0 Å². The summed E-state index contributed by atoms with van der Waals surface area (Å²) < 4.78 is 40.1. The summed E-state index contributed by atoms with van der Waals surface area (Å²) in [5, 5.41) is 11.1. The highest BCUT2D eigenvalue weighted by Gasteiger charge is 2.37. The van der Waals surface area contributed by atoms with Crippen molar-refractivity contribution in [3.05, 3.63) is 59.7 Å². The Labute approximate surface area is 147 Å². The van der Waals surface area contributed by atoms with Crippen molar-refractivity contribution >= 4 is 24.5 Å². The van der Waals surface area contributed by atoms with Gasteiger partial charge >= 0.3 is 12.1 Å². The molecule has 1 amide bonds. The van der Waals surface area contributed by atoms with Crippen molar-refractivity contribution in [2.75, 3.05) is 5.75 Å². The Hall–Kier alpha value is -2.48. The molecule has 0 radical (unpaired) electrons. The number of benzene rings is 2. The number of thiol groups is 1. The van der Waals surface area contributed by atoms with E-state index in [2.05, 4.69) is 17.9 Å². The van der Waals surface area contributed by atoms with Crippen LogP contribution in [0.1, 0.15) is 15.9 Å². The van der Waals surface area contributed by atoms with Crippen LogP contribution in [0.4, 0.5) is 13.2 Å². The van der Waals surface area contributed by atoms with Gasteiger partial charge in [-0.15, -0.1) is 0 Å². The molecule has 25 heavy (non-hydrogen) atoms. The Kier molecular flexibility index (Phi) is 5.73. The molecule has 0 aliphatic heterocycles. The molecule has 0 spiro atoms. The van der Waals surface area contributed by atoms with E-state index in [9.17, 15) is 22.8 Å². The van der Waals surface area contributed by atoms with Crippen LogP contribution in [0.15, 0.2) is 48.5 Å². The highest BCUT2D eigenvalue weighted by atomic mass is 32.1. The van der Waals surface area contributed by atoms with E-state index >= 15 is 0 Å². The lowest BCUT2D eigenvalue weighted by Gasteiger charge is -2.19. The van der Waals surface area contributed by atoms with E-state index in [4.69, 9.17) is 5.11 Å². The van der Waals surface area contributed by atoms with Crippen LogP contribution < -0.4 is 5.32 Å². The normalized spacial score (nSPS) is 12.5. The fraction of sp³-hybridized carbons (Fsp3) is 0.176. The molecule has 0 aliphatic carbocycles. The third-order valence-corrected chi connectivity index (χ3v) is 3.83. The van der Waals surface area contributed by atoms with Gasteiger partial charge < -0.3 is 10.4 Å². The lowest BCUT2D eigenvalue weighted by Crippen LogP contribution is -2.42.